The SMILES string of the molecule is Cc1ccc(C)c(C(Cl)c2ccc(Cl)cc2C)c1. The summed E-state index contributed by atoms with van der Waals surface area (Å²) in [5.41, 5.74) is 5.86. The molecule has 94 valence electrons. The quantitative estimate of drug-likeness (QED) is 0.628. The average molecular weight is 279 g/mol. The van der Waals surface area contributed by atoms with Crippen LogP contribution in [0.15, 0.2) is 36.4 Å². The second-order valence-corrected chi connectivity index (χ2v) is 5.60. The largest absolute Gasteiger partial charge is 0.113 e. The van der Waals surface area contributed by atoms with Crippen molar-refractivity contribution in [3.05, 3.63) is 69.2 Å². The van der Waals surface area contributed by atoms with Crippen LogP contribution in [0.25, 0.3) is 0 Å². The van der Waals surface area contributed by atoms with E-state index in [4.69, 9.17) is 23.2 Å². The van der Waals surface area contributed by atoms with Gasteiger partial charge in [0, 0.05) is 5.02 Å². The summed E-state index contributed by atoms with van der Waals surface area (Å²) in [7, 11) is 0. The molecule has 0 heterocycles. The molecule has 0 aliphatic rings. The lowest BCUT2D eigenvalue weighted by Gasteiger charge is -2.16. The van der Waals surface area contributed by atoms with Gasteiger partial charge in [0.2, 0.25) is 0 Å². The molecule has 0 N–H and O–H groups in total. The number of hydrogen-bond acceptors (Lipinski definition) is 0. The summed E-state index contributed by atoms with van der Waals surface area (Å²) in [5.74, 6) is 0. The van der Waals surface area contributed by atoms with Crippen molar-refractivity contribution in [2.24, 2.45) is 0 Å². The van der Waals surface area contributed by atoms with Gasteiger partial charge in [0.25, 0.3) is 0 Å². The zero-order valence-corrected chi connectivity index (χ0v) is 12.3. The number of hydrogen-bond donors (Lipinski definition) is 0. The van der Waals surface area contributed by atoms with Crippen LogP contribution in [-0.2, 0) is 0 Å². The molecule has 0 saturated carbocycles. The first-order valence-electron chi connectivity index (χ1n) is 5.96. The highest BCUT2D eigenvalue weighted by Crippen LogP contribution is 2.34. The van der Waals surface area contributed by atoms with Crippen molar-refractivity contribution < 1.29 is 0 Å². The molecule has 0 spiro atoms. The van der Waals surface area contributed by atoms with Crippen molar-refractivity contribution in [2.75, 3.05) is 0 Å². The van der Waals surface area contributed by atoms with E-state index in [9.17, 15) is 0 Å². The maximum atomic E-state index is 6.62. The van der Waals surface area contributed by atoms with E-state index in [2.05, 4.69) is 32.0 Å². The molecule has 0 fully saturated rings. The van der Waals surface area contributed by atoms with Gasteiger partial charge < -0.3 is 0 Å². The summed E-state index contributed by atoms with van der Waals surface area (Å²) in [6, 6.07) is 12.2. The summed E-state index contributed by atoms with van der Waals surface area (Å²) in [6.07, 6.45) is 0. The average Bonchev–Trinajstić information content (AvgIpc) is 2.31. The maximum absolute atomic E-state index is 6.62. The molecule has 0 radical (unpaired) electrons. The Kier molecular flexibility index (Phi) is 3.99. The van der Waals surface area contributed by atoms with Gasteiger partial charge >= 0.3 is 0 Å². The van der Waals surface area contributed by atoms with E-state index in [0.717, 1.165) is 16.1 Å². The van der Waals surface area contributed by atoms with Crippen LogP contribution in [0.3, 0.4) is 0 Å². The van der Waals surface area contributed by atoms with Crippen LogP contribution in [0.2, 0.25) is 5.02 Å². The van der Waals surface area contributed by atoms with Gasteiger partial charge in [-0.05, 0) is 55.2 Å². The highest BCUT2D eigenvalue weighted by Gasteiger charge is 2.15. The molecular formula is C16H16Cl2. The monoisotopic (exact) mass is 278 g/mol. The normalized spacial score (nSPS) is 12.5. The van der Waals surface area contributed by atoms with Crippen LogP contribution in [-0.4, -0.2) is 0 Å². The molecular weight excluding hydrogens is 263 g/mol. The number of benzene rings is 2. The topological polar surface area (TPSA) is 0 Å². The minimum atomic E-state index is -0.123. The van der Waals surface area contributed by atoms with Crippen molar-refractivity contribution >= 4 is 23.2 Å². The molecule has 0 aliphatic heterocycles. The molecule has 0 bridgehead atoms. The van der Waals surface area contributed by atoms with E-state index in [1.165, 1.54) is 16.7 Å². The Bertz CT molecular complexity index is 573. The highest BCUT2D eigenvalue weighted by atomic mass is 35.5. The van der Waals surface area contributed by atoms with Crippen molar-refractivity contribution in [1.82, 2.24) is 0 Å². The number of halogens is 2. The van der Waals surface area contributed by atoms with Gasteiger partial charge in [-0.25, -0.2) is 0 Å². The Morgan fingerprint density at radius 1 is 0.833 bits per heavy atom. The van der Waals surface area contributed by atoms with Crippen LogP contribution in [0.5, 0.6) is 0 Å². The molecule has 2 heteroatoms. The lowest BCUT2D eigenvalue weighted by molar-refractivity contribution is 1.08. The van der Waals surface area contributed by atoms with Gasteiger partial charge in [0.15, 0.2) is 0 Å². The Hall–Kier alpha value is -0.980. The summed E-state index contributed by atoms with van der Waals surface area (Å²) >= 11 is 12.6. The first-order chi connectivity index (χ1) is 8.49. The van der Waals surface area contributed by atoms with Crippen molar-refractivity contribution in [2.45, 2.75) is 26.1 Å². The van der Waals surface area contributed by atoms with Crippen molar-refractivity contribution in [1.29, 1.82) is 0 Å². The smallest absolute Gasteiger partial charge is 0.0840 e. The minimum absolute atomic E-state index is 0.123. The van der Waals surface area contributed by atoms with E-state index < -0.39 is 0 Å². The van der Waals surface area contributed by atoms with E-state index in [1.807, 2.05) is 25.1 Å². The third-order valence-corrected chi connectivity index (χ3v) is 3.92. The summed E-state index contributed by atoms with van der Waals surface area (Å²) in [4.78, 5) is 0. The third kappa shape index (κ3) is 2.71. The lowest BCUT2D eigenvalue weighted by Crippen LogP contribution is -1.99. The second-order valence-electron chi connectivity index (χ2n) is 4.72. The fourth-order valence-corrected chi connectivity index (χ4v) is 2.83. The molecule has 0 aliphatic carbocycles. The first-order valence-corrected chi connectivity index (χ1v) is 6.78. The first kappa shape index (κ1) is 13.5. The molecule has 0 saturated heterocycles. The van der Waals surface area contributed by atoms with Crippen LogP contribution in [0, 0.1) is 20.8 Å². The second kappa shape index (κ2) is 5.34. The van der Waals surface area contributed by atoms with Gasteiger partial charge in [-0.15, -0.1) is 11.6 Å². The molecule has 0 aromatic heterocycles. The van der Waals surface area contributed by atoms with Crippen LogP contribution >= 0.6 is 23.2 Å². The number of alkyl halides is 1. The Labute approximate surface area is 119 Å². The zero-order valence-electron chi connectivity index (χ0n) is 10.8. The maximum Gasteiger partial charge on any atom is 0.0840 e. The highest BCUT2D eigenvalue weighted by molar-refractivity contribution is 6.30. The lowest BCUT2D eigenvalue weighted by atomic mass is 9.95. The van der Waals surface area contributed by atoms with E-state index in [0.29, 0.717) is 0 Å². The predicted octanol–water partition coefficient (Wildman–Crippen LogP) is 5.59. The van der Waals surface area contributed by atoms with E-state index >= 15 is 0 Å². The van der Waals surface area contributed by atoms with E-state index in [1.54, 1.807) is 0 Å². The van der Waals surface area contributed by atoms with Crippen LogP contribution in [0.1, 0.15) is 33.2 Å². The predicted molar refractivity (Wildman–Crippen MR) is 79.8 cm³/mol. The molecule has 0 nitrogen and oxygen atoms in total. The fraction of sp³-hybridized carbons (Fsp3) is 0.250. The summed E-state index contributed by atoms with van der Waals surface area (Å²) < 4.78 is 0. The zero-order chi connectivity index (χ0) is 13.3. The molecule has 1 unspecified atom stereocenters. The molecule has 2 rings (SSSR count). The van der Waals surface area contributed by atoms with Gasteiger partial charge in [0.1, 0.15) is 0 Å². The van der Waals surface area contributed by atoms with Crippen molar-refractivity contribution in [3.63, 3.8) is 0 Å². The number of rotatable bonds is 2. The van der Waals surface area contributed by atoms with Crippen LogP contribution in [0.4, 0.5) is 0 Å². The molecule has 0 amide bonds. The van der Waals surface area contributed by atoms with Crippen molar-refractivity contribution in [3.8, 4) is 0 Å². The van der Waals surface area contributed by atoms with E-state index in [-0.39, 0.29) is 5.38 Å². The minimum Gasteiger partial charge on any atom is -0.113 e. The summed E-state index contributed by atoms with van der Waals surface area (Å²) in [5, 5.41) is 0.628. The Morgan fingerprint density at radius 2 is 1.56 bits per heavy atom. The van der Waals surface area contributed by atoms with Gasteiger partial charge in [0.05, 0.1) is 5.38 Å². The third-order valence-electron chi connectivity index (χ3n) is 3.21. The number of aryl methyl sites for hydroxylation is 3. The van der Waals surface area contributed by atoms with Gasteiger partial charge in [-0.3, -0.25) is 0 Å². The standard InChI is InChI=1S/C16H16Cl2/c1-10-4-5-11(2)15(8-10)16(18)14-7-6-13(17)9-12(14)3/h4-9,16H,1-3H3. The van der Waals surface area contributed by atoms with Crippen LogP contribution < -0.4 is 0 Å². The molecule has 18 heavy (non-hydrogen) atoms. The Morgan fingerprint density at radius 3 is 2.22 bits per heavy atom. The van der Waals surface area contributed by atoms with Gasteiger partial charge in [-0.1, -0.05) is 41.4 Å². The summed E-state index contributed by atoms with van der Waals surface area (Å²) in [6.45, 7) is 6.22. The fourth-order valence-electron chi connectivity index (χ4n) is 2.12. The molecule has 1 atom stereocenters. The molecule has 2 aromatic rings. The molecule has 2 aromatic carbocycles. The van der Waals surface area contributed by atoms with Gasteiger partial charge in [-0.2, -0.15) is 0 Å². The Balaban J connectivity index is 2.47.